The molecular formula is C14H26N2O4. The minimum atomic E-state index is -1.00. The Morgan fingerprint density at radius 1 is 1.30 bits per heavy atom. The van der Waals surface area contributed by atoms with Crippen LogP contribution in [0.4, 0.5) is 4.79 Å². The molecule has 0 aromatic rings. The van der Waals surface area contributed by atoms with E-state index < -0.39 is 23.7 Å². The number of ether oxygens (including phenoxy) is 1. The Morgan fingerprint density at radius 2 is 1.80 bits per heavy atom. The molecule has 1 heterocycles. The molecule has 0 aromatic heterocycles. The number of likely N-dealkylation sites (tertiary alicyclic amines) is 1. The molecule has 20 heavy (non-hydrogen) atoms. The lowest BCUT2D eigenvalue weighted by molar-refractivity contribution is -0.143. The SMILES string of the molecule is C[C@H](C(=O)O)N(C(=O)OC(C)(C)C)C1CCN(C)CC1. The maximum Gasteiger partial charge on any atom is 0.411 e. The van der Waals surface area contributed by atoms with E-state index in [9.17, 15) is 14.7 Å². The summed E-state index contributed by atoms with van der Waals surface area (Å²) >= 11 is 0. The van der Waals surface area contributed by atoms with Gasteiger partial charge in [0.1, 0.15) is 11.6 Å². The highest BCUT2D eigenvalue weighted by atomic mass is 16.6. The van der Waals surface area contributed by atoms with Gasteiger partial charge in [0.05, 0.1) is 0 Å². The van der Waals surface area contributed by atoms with Gasteiger partial charge in [-0.15, -0.1) is 0 Å². The van der Waals surface area contributed by atoms with Gasteiger partial charge < -0.3 is 14.7 Å². The summed E-state index contributed by atoms with van der Waals surface area (Å²) in [6.07, 6.45) is 1.00. The number of aliphatic carboxylic acids is 1. The van der Waals surface area contributed by atoms with Crippen molar-refractivity contribution in [1.82, 2.24) is 9.80 Å². The lowest BCUT2D eigenvalue weighted by atomic mass is 10.0. The zero-order valence-corrected chi connectivity index (χ0v) is 13.0. The second-order valence-corrected chi connectivity index (χ2v) is 6.44. The van der Waals surface area contributed by atoms with Crippen LogP contribution < -0.4 is 0 Å². The van der Waals surface area contributed by atoms with E-state index in [1.807, 2.05) is 7.05 Å². The average Bonchev–Trinajstić information content (AvgIpc) is 2.29. The van der Waals surface area contributed by atoms with Crippen LogP contribution in [0.1, 0.15) is 40.5 Å². The summed E-state index contributed by atoms with van der Waals surface area (Å²) in [5, 5.41) is 9.22. The number of rotatable bonds is 3. The summed E-state index contributed by atoms with van der Waals surface area (Å²) in [7, 11) is 2.02. The maximum atomic E-state index is 12.3. The predicted molar refractivity (Wildman–Crippen MR) is 75.7 cm³/mol. The molecule has 1 amide bonds. The van der Waals surface area contributed by atoms with Gasteiger partial charge in [0.2, 0.25) is 0 Å². The minimum absolute atomic E-state index is 0.0767. The van der Waals surface area contributed by atoms with E-state index in [0.29, 0.717) is 0 Å². The van der Waals surface area contributed by atoms with Crippen molar-refractivity contribution in [2.45, 2.75) is 58.2 Å². The quantitative estimate of drug-likeness (QED) is 0.856. The standard InChI is InChI=1S/C14H26N2O4/c1-10(12(17)18)16(13(19)20-14(2,3)4)11-6-8-15(5)9-7-11/h10-11H,6-9H2,1-5H3,(H,17,18)/t10-/m1/s1. The van der Waals surface area contributed by atoms with Gasteiger partial charge in [-0.05, 0) is 60.7 Å². The number of nitrogens with zero attached hydrogens (tertiary/aromatic N) is 2. The fraction of sp³-hybridized carbons (Fsp3) is 0.857. The van der Waals surface area contributed by atoms with E-state index in [1.54, 1.807) is 20.8 Å². The van der Waals surface area contributed by atoms with Gasteiger partial charge in [0.15, 0.2) is 0 Å². The molecule has 0 aliphatic carbocycles. The topological polar surface area (TPSA) is 70.1 Å². The molecule has 1 aliphatic heterocycles. The third-order valence-electron chi connectivity index (χ3n) is 3.46. The van der Waals surface area contributed by atoms with Gasteiger partial charge >= 0.3 is 12.1 Å². The number of hydrogen-bond donors (Lipinski definition) is 1. The first-order valence-corrected chi connectivity index (χ1v) is 7.04. The largest absolute Gasteiger partial charge is 0.480 e. The summed E-state index contributed by atoms with van der Waals surface area (Å²) in [6.45, 7) is 8.59. The van der Waals surface area contributed by atoms with Crippen LogP contribution in [0.15, 0.2) is 0 Å². The molecule has 1 aliphatic rings. The zero-order chi connectivity index (χ0) is 15.5. The number of amides is 1. The molecule has 6 nitrogen and oxygen atoms in total. The Bertz CT molecular complexity index is 357. The Morgan fingerprint density at radius 3 is 2.20 bits per heavy atom. The van der Waals surface area contributed by atoms with Crippen molar-refractivity contribution in [1.29, 1.82) is 0 Å². The highest BCUT2D eigenvalue weighted by Crippen LogP contribution is 2.21. The van der Waals surface area contributed by atoms with Crippen molar-refractivity contribution >= 4 is 12.1 Å². The summed E-state index contributed by atoms with van der Waals surface area (Å²) in [4.78, 5) is 27.1. The van der Waals surface area contributed by atoms with Crippen LogP contribution >= 0.6 is 0 Å². The second-order valence-electron chi connectivity index (χ2n) is 6.44. The molecule has 1 fully saturated rings. The second kappa shape index (κ2) is 6.43. The number of piperidine rings is 1. The van der Waals surface area contributed by atoms with Crippen LogP contribution in [0.2, 0.25) is 0 Å². The van der Waals surface area contributed by atoms with Gasteiger partial charge in [0, 0.05) is 6.04 Å². The van der Waals surface area contributed by atoms with Crippen LogP contribution in [0.25, 0.3) is 0 Å². The lowest BCUT2D eigenvalue weighted by Gasteiger charge is -2.39. The fourth-order valence-electron chi connectivity index (χ4n) is 2.33. The van der Waals surface area contributed by atoms with Crippen LogP contribution in [0.3, 0.4) is 0 Å². The maximum absolute atomic E-state index is 12.3. The number of carbonyl (C=O) groups is 2. The van der Waals surface area contributed by atoms with Crippen molar-refractivity contribution in [2.24, 2.45) is 0 Å². The molecule has 1 N–H and O–H groups in total. The summed E-state index contributed by atoms with van der Waals surface area (Å²) in [5.41, 5.74) is -0.626. The molecule has 1 atom stereocenters. The van der Waals surface area contributed by atoms with Crippen LogP contribution in [0, 0.1) is 0 Å². The Labute approximate surface area is 120 Å². The van der Waals surface area contributed by atoms with E-state index in [2.05, 4.69) is 4.90 Å². The Hall–Kier alpha value is -1.30. The molecule has 6 heteroatoms. The summed E-state index contributed by atoms with van der Waals surface area (Å²) in [6, 6.07) is -0.953. The average molecular weight is 286 g/mol. The first-order chi connectivity index (χ1) is 9.11. The van der Waals surface area contributed by atoms with Gasteiger partial charge in [0.25, 0.3) is 0 Å². The third kappa shape index (κ3) is 4.67. The Balaban J connectivity index is 2.85. The number of carboxylic acid groups (broad SMARTS) is 1. The van der Waals surface area contributed by atoms with E-state index >= 15 is 0 Å². The molecule has 0 aromatic carbocycles. The Kier molecular flexibility index (Phi) is 5.39. The van der Waals surface area contributed by atoms with E-state index in [1.165, 1.54) is 11.8 Å². The van der Waals surface area contributed by atoms with Crippen LogP contribution in [-0.2, 0) is 9.53 Å². The van der Waals surface area contributed by atoms with E-state index in [0.717, 1.165) is 25.9 Å². The van der Waals surface area contributed by atoms with E-state index in [4.69, 9.17) is 4.74 Å². The molecule has 0 spiro atoms. The summed E-state index contributed by atoms with van der Waals surface area (Å²) in [5.74, 6) is -1.00. The van der Waals surface area contributed by atoms with Crippen molar-refractivity contribution in [2.75, 3.05) is 20.1 Å². The minimum Gasteiger partial charge on any atom is -0.480 e. The zero-order valence-electron chi connectivity index (χ0n) is 13.0. The summed E-state index contributed by atoms with van der Waals surface area (Å²) < 4.78 is 5.36. The van der Waals surface area contributed by atoms with Crippen molar-refractivity contribution in [3.05, 3.63) is 0 Å². The highest BCUT2D eigenvalue weighted by Gasteiger charge is 2.36. The van der Waals surface area contributed by atoms with Gasteiger partial charge in [-0.1, -0.05) is 0 Å². The highest BCUT2D eigenvalue weighted by molar-refractivity contribution is 5.80. The van der Waals surface area contributed by atoms with E-state index in [-0.39, 0.29) is 6.04 Å². The molecule has 0 unspecified atom stereocenters. The first kappa shape index (κ1) is 16.8. The van der Waals surface area contributed by atoms with Gasteiger partial charge in [-0.2, -0.15) is 0 Å². The molecular weight excluding hydrogens is 260 g/mol. The van der Waals surface area contributed by atoms with Crippen molar-refractivity contribution in [3.8, 4) is 0 Å². The smallest absolute Gasteiger partial charge is 0.411 e. The molecule has 0 radical (unpaired) electrons. The van der Waals surface area contributed by atoms with Crippen LogP contribution in [0.5, 0.6) is 0 Å². The number of hydrogen-bond acceptors (Lipinski definition) is 4. The monoisotopic (exact) mass is 286 g/mol. The number of carbonyl (C=O) groups excluding carboxylic acids is 1. The van der Waals surface area contributed by atoms with Crippen molar-refractivity contribution in [3.63, 3.8) is 0 Å². The third-order valence-corrected chi connectivity index (χ3v) is 3.46. The lowest BCUT2D eigenvalue weighted by Crippen LogP contribution is -2.54. The predicted octanol–water partition coefficient (Wildman–Crippen LogP) is 1.79. The van der Waals surface area contributed by atoms with Crippen molar-refractivity contribution < 1.29 is 19.4 Å². The molecule has 1 rings (SSSR count). The molecule has 1 saturated heterocycles. The van der Waals surface area contributed by atoms with Gasteiger partial charge in [-0.25, -0.2) is 9.59 Å². The molecule has 116 valence electrons. The van der Waals surface area contributed by atoms with Crippen LogP contribution in [-0.4, -0.2) is 64.8 Å². The number of carboxylic acids is 1. The van der Waals surface area contributed by atoms with Gasteiger partial charge in [-0.3, -0.25) is 4.90 Å². The normalized spacial score (nSPS) is 19.4. The fourth-order valence-corrected chi connectivity index (χ4v) is 2.33. The first-order valence-electron chi connectivity index (χ1n) is 7.04. The molecule has 0 saturated carbocycles. The molecule has 0 bridgehead atoms.